The van der Waals surface area contributed by atoms with Crippen molar-refractivity contribution in [3.05, 3.63) is 11.9 Å². The van der Waals surface area contributed by atoms with Gasteiger partial charge in [0.25, 0.3) is 0 Å². The van der Waals surface area contributed by atoms with E-state index in [1.807, 2.05) is 13.0 Å². The summed E-state index contributed by atoms with van der Waals surface area (Å²) in [5.74, 6) is 2.63. The van der Waals surface area contributed by atoms with Gasteiger partial charge in [-0.2, -0.15) is 0 Å². The molecule has 1 fully saturated rings. The minimum atomic E-state index is 0.688. The lowest BCUT2D eigenvalue weighted by Crippen LogP contribution is -2.37. The number of rotatable bonds is 5. The Morgan fingerprint density at radius 1 is 1.39 bits per heavy atom. The van der Waals surface area contributed by atoms with Gasteiger partial charge in [0.2, 0.25) is 0 Å². The smallest absolute Gasteiger partial charge is 0.134 e. The largest absolute Gasteiger partial charge is 0.378 e. The lowest BCUT2D eigenvalue weighted by molar-refractivity contribution is 0.122. The minimum absolute atomic E-state index is 0.688. The van der Waals surface area contributed by atoms with Crippen LogP contribution >= 0.6 is 0 Å². The van der Waals surface area contributed by atoms with Gasteiger partial charge in [0.05, 0.1) is 13.2 Å². The molecule has 6 heteroatoms. The second-order valence-electron chi connectivity index (χ2n) is 4.33. The summed E-state index contributed by atoms with van der Waals surface area (Å²) in [6, 6.07) is 1.99. The van der Waals surface area contributed by atoms with Crippen LogP contribution in [0.5, 0.6) is 0 Å². The van der Waals surface area contributed by atoms with Gasteiger partial charge in [-0.1, -0.05) is 0 Å². The molecule has 1 aromatic heterocycles. The summed E-state index contributed by atoms with van der Waals surface area (Å²) in [6.45, 7) is 6.75. The number of anilines is 2. The molecule has 1 saturated heterocycles. The molecule has 0 aliphatic carbocycles. The summed E-state index contributed by atoms with van der Waals surface area (Å²) in [4.78, 5) is 11.1. The van der Waals surface area contributed by atoms with E-state index in [1.165, 1.54) is 0 Å². The van der Waals surface area contributed by atoms with Gasteiger partial charge in [0, 0.05) is 25.7 Å². The van der Waals surface area contributed by atoms with Gasteiger partial charge in [-0.25, -0.2) is 9.97 Å². The Balaban J connectivity index is 2.05. The van der Waals surface area contributed by atoms with E-state index in [-0.39, 0.29) is 0 Å². The van der Waals surface area contributed by atoms with E-state index in [9.17, 15) is 0 Å². The molecule has 0 atom stereocenters. The molecule has 0 amide bonds. The van der Waals surface area contributed by atoms with Crippen molar-refractivity contribution >= 4 is 11.6 Å². The maximum Gasteiger partial charge on any atom is 0.134 e. The fourth-order valence-electron chi connectivity index (χ4n) is 1.92. The third kappa shape index (κ3) is 3.54. The van der Waals surface area contributed by atoms with E-state index in [2.05, 4.69) is 20.2 Å². The molecule has 0 saturated carbocycles. The highest BCUT2D eigenvalue weighted by atomic mass is 16.5. The van der Waals surface area contributed by atoms with Crippen LogP contribution in [0.25, 0.3) is 0 Å². The molecule has 3 N–H and O–H groups in total. The number of hydrogen-bond donors (Lipinski definition) is 2. The molecule has 18 heavy (non-hydrogen) atoms. The van der Waals surface area contributed by atoms with Gasteiger partial charge in [-0.15, -0.1) is 0 Å². The number of nitrogens with two attached hydrogens (primary N) is 1. The average Bonchev–Trinajstić information content (AvgIpc) is 2.39. The Morgan fingerprint density at radius 3 is 2.89 bits per heavy atom. The summed E-state index contributed by atoms with van der Waals surface area (Å²) in [5.41, 5.74) is 5.47. The number of aryl methyl sites for hydroxylation is 1. The Morgan fingerprint density at radius 2 is 2.17 bits per heavy atom. The Hall–Kier alpha value is -1.40. The first-order chi connectivity index (χ1) is 8.79. The molecular weight excluding hydrogens is 230 g/mol. The number of aromatic nitrogens is 2. The van der Waals surface area contributed by atoms with Gasteiger partial charge in [0.1, 0.15) is 17.5 Å². The Bertz CT molecular complexity index is 379. The minimum Gasteiger partial charge on any atom is -0.378 e. The highest BCUT2D eigenvalue weighted by Crippen LogP contribution is 2.16. The van der Waals surface area contributed by atoms with Crippen LogP contribution in [0.15, 0.2) is 6.07 Å². The van der Waals surface area contributed by atoms with Crippen LogP contribution in [0.4, 0.5) is 11.6 Å². The first-order valence-electron chi connectivity index (χ1n) is 6.42. The summed E-state index contributed by atoms with van der Waals surface area (Å²) in [6.07, 6.45) is 0.940. The fraction of sp³-hybridized carbons (Fsp3) is 0.667. The molecule has 2 rings (SSSR count). The average molecular weight is 251 g/mol. The topological polar surface area (TPSA) is 76.3 Å². The van der Waals surface area contributed by atoms with Crippen molar-refractivity contribution in [2.24, 2.45) is 5.73 Å². The molecule has 100 valence electrons. The van der Waals surface area contributed by atoms with E-state index in [4.69, 9.17) is 10.5 Å². The van der Waals surface area contributed by atoms with Crippen molar-refractivity contribution in [1.82, 2.24) is 9.97 Å². The summed E-state index contributed by atoms with van der Waals surface area (Å²) in [5, 5.41) is 3.28. The van der Waals surface area contributed by atoms with E-state index in [0.717, 1.165) is 56.7 Å². The summed E-state index contributed by atoms with van der Waals surface area (Å²) < 4.78 is 5.35. The Kier molecular flexibility index (Phi) is 4.72. The lowest BCUT2D eigenvalue weighted by atomic mass is 10.3. The first kappa shape index (κ1) is 13.0. The molecule has 0 aromatic carbocycles. The van der Waals surface area contributed by atoms with Crippen LogP contribution in [0.2, 0.25) is 0 Å². The summed E-state index contributed by atoms with van der Waals surface area (Å²) in [7, 11) is 0. The molecular formula is C12H21N5O. The van der Waals surface area contributed by atoms with E-state index in [0.29, 0.717) is 6.54 Å². The quantitative estimate of drug-likeness (QED) is 0.737. The van der Waals surface area contributed by atoms with Crippen LogP contribution in [-0.2, 0) is 4.74 Å². The zero-order valence-electron chi connectivity index (χ0n) is 10.9. The standard InChI is InChI=1S/C12H21N5O/c1-10-15-11(14-4-2-3-13)9-12(16-10)17-5-7-18-8-6-17/h9H,2-8,13H2,1H3,(H,14,15,16). The zero-order chi connectivity index (χ0) is 12.8. The molecule has 6 nitrogen and oxygen atoms in total. The van der Waals surface area contributed by atoms with Crippen LogP contribution in [-0.4, -0.2) is 49.4 Å². The maximum atomic E-state index is 5.47. The third-order valence-corrected chi connectivity index (χ3v) is 2.85. The molecule has 0 radical (unpaired) electrons. The van der Waals surface area contributed by atoms with Gasteiger partial charge in [0.15, 0.2) is 0 Å². The van der Waals surface area contributed by atoms with Gasteiger partial charge >= 0.3 is 0 Å². The van der Waals surface area contributed by atoms with E-state index >= 15 is 0 Å². The molecule has 2 heterocycles. The van der Waals surface area contributed by atoms with Gasteiger partial charge in [-0.3, -0.25) is 0 Å². The molecule has 1 aromatic rings. The Labute approximate surface area is 108 Å². The third-order valence-electron chi connectivity index (χ3n) is 2.85. The van der Waals surface area contributed by atoms with Crippen molar-refractivity contribution in [3.63, 3.8) is 0 Å². The number of ether oxygens (including phenoxy) is 1. The molecule has 0 unspecified atom stereocenters. The molecule has 1 aliphatic heterocycles. The van der Waals surface area contributed by atoms with Crippen LogP contribution < -0.4 is 16.0 Å². The predicted molar refractivity (Wildman–Crippen MR) is 72.0 cm³/mol. The summed E-state index contributed by atoms with van der Waals surface area (Å²) >= 11 is 0. The van der Waals surface area contributed by atoms with Crippen molar-refractivity contribution in [1.29, 1.82) is 0 Å². The van der Waals surface area contributed by atoms with E-state index in [1.54, 1.807) is 0 Å². The first-order valence-corrected chi connectivity index (χ1v) is 6.42. The second kappa shape index (κ2) is 6.51. The normalized spacial score (nSPS) is 15.8. The highest BCUT2D eigenvalue weighted by Gasteiger charge is 2.13. The lowest BCUT2D eigenvalue weighted by Gasteiger charge is -2.28. The van der Waals surface area contributed by atoms with Crippen LogP contribution in [0, 0.1) is 6.92 Å². The van der Waals surface area contributed by atoms with Crippen LogP contribution in [0.3, 0.4) is 0 Å². The van der Waals surface area contributed by atoms with Gasteiger partial charge in [-0.05, 0) is 19.9 Å². The molecule has 0 bridgehead atoms. The maximum absolute atomic E-state index is 5.47. The second-order valence-corrected chi connectivity index (χ2v) is 4.33. The molecule has 1 aliphatic rings. The van der Waals surface area contributed by atoms with Gasteiger partial charge < -0.3 is 20.7 Å². The zero-order valence-corrected chi connectivity index (χ0v) is 10.9. The van der Waals surface area contributed by atoms with Crippen molar-refractivity contribution in [2.45, 2.75) is 13.3 Å². The monoisotopic (exact) mass is 251 g/mol. The van der Waals surface area contributed by atoms with Crippen LogP contribution in [0.1, 0.15) is 12.2 Å². The number of nitrogens with zero attached hydrogens (tertiary/aromatic N) is 3. The predicted octanol–water partition coefficient (Wildman–Crippen LogP) is 0.382. The SMILES string of the molecule is Cc1nc(NCCCN)cc(N2CCOCC2)n1. The van der Waals surface area contributed by atoms with Crippen molar-refractivity contribution in [3.8, 4) is 0 Å². The fourth-order valence-corrected chi connectivity index (χ4v) is 1.92. The number of hydrogen-bond acceptors (Lipinski definition) is 6. The van der Waals surface area contributed by atoms with Crippen molar-refractivity contribution < 1.29 is 4.74 Å². The highest BCUT2D eigenvalue weighted by molar-refractivity contribution is 5.49. The number of morpholine rings is 1. The number of nitrogens with one attached hydrogen (secondary N) is 1. The van der Waals surface area contributed by atoms with E-state index < -0.39 is 0 Å². The van der Waals surface area contributed by atoms with Crippen molar-refractivity contribution in [2.75, 3.05) is 49.6 Å². The molecule has 0 spiro atoms.